The molecule has 0 saturated heterocycles. The SMILES string of the molecule is Cc1cc(C)c(CNC(=O)NCc2ccccc2Cl)c(=O)[nH]1. The molecule has 0 bridgehead atoms. The molecular formula is C16H18ClN3O2. The Balaban J connectivity index is 1.91. The molecule has 0 aliphatic rings. The Kier molecular flexibility index (Phi) is 5.22. The van der Waals surface area contributed by atoms with Gasteiger partial charge in [0.05, 0.1) is 6.54 Å². The quantitative estimate of drug-likeness (QED) is 0.810. The fourth-order valence-electron chi connectivity index (χ4n) is 2.15. The number of aromatic amines is 1. The Morgan fingerprint density at radius 2 is 1.86 bits per heavy atom. The summed E-state index contributed by atoms with van der Waals surface area (Å²) in [7, 11) is 0. The maximum atomic E-state index is 11.9. The summed E-state index contributed by atoms with van der Waals surface area (Å²) in [4.78, 5) is 26.4. The normalized spacial score (nSPS) is 10.3. The van der Waals surface area contributed by atoms with E-state index < -0.39 is 0 Å². The van der Waals surface area contributed by atoms with Gasteiger partial charge in [0.25, 0.3) is 5.56 Å². The predicted molar refractivity (Wildman–Crippen MR) is 87.1 cm³/mol. The third kappa shape index (κ3) is 4.11. The molecule has 2 rings (SSSR count). The van der Waals surface area contributed by atoms with Crippen molar-refractivity contribution in [2.24, 2.45) is 0 Å². The molecule has 5 nitrogen and oxygen atoms in total. The van der Waals surface area contributed by atoms with Crippen molar-refractivity contribution < 1.29 is 4.79 Å². The van der Waals surface area contributed by atoms with E-state index in [9.17, 15) is 9.59 Å². The van der Waals surface area contributed by atoms with E-state index >= 15 is 0 Å². The van der Waals surface area contributed by atoms with Gasteiger partial charge in [-0.2, -0.15) is 0 Å². The third-order valence-corrected chi connectivity index (χ3v) is 3.69. The molecule has 0 spiro atoms. The first-order chi connectivity index (χ1) is 10.5. The van der Waals surface area contributed by atoms with Crippen LogP contribution in [0.2, 0.25) is 5.02 Å². The lowest BCUT2D eigenvalue weighted by atomic mass is 10.1. The van der Waals surface area contributed by atoms with Crippen molar-refractivity contribution in [2.45, 2.75) is 26.9 Å². The highest BCUT2D eigenvalue weighted by molar-refractivity contribution is 6.31. The van der Waals surface area contributed by atoms with Crippen LogP contribution in [0.15, 0.2) is 35.1 Å². The molecular weight excluding hydrogens is 302 g/mol. The topological polar surface area (TPSA) is 74.0 Å². The van der Waals surface area contributed by atoms with Crippen LogP contribution in [0.25, 0.3) is 0 Å². The lowest BCUT2D eigenvalue weighted by Gasteiger charge is -2.10. The summed E-state index contributed by atoms with van der Waals surface area (Å²) in [6.45, 7) is 4.17. The standard InChI is InChI=1S/C16H18ClN3O2/c1-10-7-11(2)20-15(21)13(10)9-19-16(22)18-8-12-5-3-4-6-14(12)17/h3-7H,8-9H2,1-2H3,(H,20,21)(H2,18,19,22). The number of hydrogen-bond donors (Lipinski definition) is 3. The highest BCUT2D eigenvalue weighted by Gasteiger charge is 2.08. The van der Waals surface area contributed by atoms with Gasteiger partial charge < -0.3 is 15.6 Å². The number of nitrogens with one attached hydrogen (secondary N) is 3. The Morgan fingerprint density at radius 1 is 1.18 bits per heavy atom. The van der Waals surface area contributed by atoms with Crippen molar-refractivity contribution in [3.8, 4) is 0 Å². The predicted octanol–water partition coefficient (Wildman–Crippen LogP) is 2.64. The number of carbonyl (C=O) groups excluding carboxylic acids is 1. The molecule has 1 aromatic carbocycles. The Hall–Kier alpha value is -2.27. The van der Waals surface area contributed by atoms with Crippen molar-refractivity contribution in [2.75, 3.05) is 0 Å². The summed E-state index contributed by atoms with van der Waals surface area (Å²) < 4.78 is 0. The summed E-state index contributed by atoms with van der Waals surface area (Å²) in [6.07, 6.45) is 0. The van der Waals surface area contributed by atoms with Gasteiger partial charge in [-0.3, -0.25) is 4.79 Å². The lowest BCUT2D eigenvalue weighted by molar-refractivity contribution is 0.240. The summed E-state index contributed by atoms with van der Waals surface area (Å²) in [5.41, 5.74) is 2.87. The number of amides is 2. The highest BCUT2D eigenvalue weighted by Crippen LogP contribution is 2.14. The molecule has 0 aliphatic heterocycles. The van der Waals surface area contributed by atoms with Gasteiger partial charge in [0.15, 0.2) is 0 Å². The second-order valence-electron chi connectivity index (χ2n) is 5.07. The monoisotopic (exact) mass is 319 g/mol. The fraction of sp³-hybridized carbons (Fsp3) is 0.250. The zero-order chi connectivity index (χ0) is 16.1. The van der Waals surface area contributed by atoms with Gasteiger partial charge in [0.1, 0.15) is 0 Å². The van der Waals surface area contributed by atoms with Crippen LogP contribution in [0.5, 0.6) is 0 Å². The lowest BCUT2D eigenvalue weighted by Crippen LogP contribution is -2.36. The Labute approximate surface area is 133 Å². The Morgan fingerprint density at radius 3 is 2.55 bits per heavy atom. The summed E-state index contributed by atoms with van der Waals surface area (Å²) >= 11 is 6.02. The van der Waals surface area contributed by atoms with Crippen LogP contribution in [0.3, 0.4) is 0 Å². The molecule has 0 saturated carbocycles. The molecule has 0 fully saturated rings. The molecule has 0 unspecified atom stereocenters. The van der Waals surface area contributed by atoms with Crippen LogP contribution in [0, 0.1) is 13.8 Å². The van der Waals surface area contributed by atoms with Crippen molar-refractivity contribution >= 4 is 17.6 Å². The zero-order valence-corrected chi connectivity index (χ0v) is 13.3. The van der Waals surface area contributed by atoms with E-state index in [1.165, 1.54) is 0 Å². The minimum atomic E-state index is -0.348. The van der Waals surface area contributed by atoms with E-state index in [1.54, 1.807) is 6.07 Å². The smallest absolute Gasteiger partial charge is 0.315 e. The molecule has 3 N–H and O–H groups in total. The maximum absolute atomic E-state index is 11.9. The second-order valence-corrected chi connectivity index (χ2v) is 5.48. The number of H-pyrrole nitrogens is 1. The van der Waals surface area contributed by atoms with Crippen LogP contribution < -0.4 is 16.2 Å². The second kappa shape index (κ2) is 7.13. The first-order valence-corrected chi connectivity index (χ1v) is 7.29. The molecule has 6 heteroatoms. The molecule has 116 valence electrons. The summed E-state index contributed by atoms with van der Waals surface area (Å²) in [5, 5.41) is 6.00. The number of halogens is 1. The molecule has 0 radical (unpaired) electrons. The largest absolute Gasteiger partial charge is 0.334 e. The molecule has 1 aromatic heterocycles. The van der Waals surface area contributed by atoms with Gasteiger partial charge in [-0.05, 0) is 37.1 Å². The fourth-order valence-corrected chi connectivity index (χ4v) is 2.35. The Bertz CT molecular complexity index is 740. The van der Waals surface area contributed by atoms with Crippen LogP contribution in [0.4, 0.5) is 4.79 Å². The van der Waals surface area contributed by atoms with Gasteiger partial charge in [-0.1, -0.05) is 29.8 Å². The molecule has 2 amide bonds. The van der Waals surface area contributed by atoms with Crippen molar-refractivity contribution in [1.29, 1.82) is 0 Å². The minimum absolute atomic E-state index is 0.176. The third-order valence-electron chi connectivity index (χ3n) is 3.32. The van der Waals surface area contributed by atoms with E-state index in [-0.39, 0.29) is 18.1 Å². The maximum Gasteiger partial charge on any atom is 0.315 e. The van der Waals surface area contributed by atoms with E-state index in [1.807, 2.05) is 38.1 Å². The van der Waals surface area contributed by atoms with Crippen molar-refractivity contribution in [3.05, 3.63) is 68.1 Å². The number of pyridine rings is 1. The number of aromatic nitrogens is 1. The summed E-state index contributed by atoms with van der Waals surface area (Å²) in [6, 6.07) is 8.83. The van der Waals surface area contributed by atoms with Crippen LogP contribution in [-0.2, 0) is 13.1 Å². The number of urea groups is 1. The van der Waals surface area contributed by atoms with Crippen molar-refractivity contribution in [1.82, 2.24) is 15.6 Å². The number of benzene rings is 1. The summed E-state index contributed by atoms with van der Waals surface area (Å²) in [5.74, 6) is 0. The van der Waals surface area contributed by atoms with E-state index in [0.717, 1.165) is 16.8 Å². The van der Waals surface area contributed by atoms with Gasteiger partial charge >= 0.3 is 6.03 Å². The molecule has 0 aliphatic carbocycles. The van der Waals surface area contributed by atoms with Crippen LogP contribution in [0.1, 0.15) is 22.4 Å². The van der Waals surface area contributed by atoms with Gasteiger partial charge in [0, 0.05) is 22.8 Å². The van der Waals surface area contributed by atoms with Crippen LogP contribution in [-0.4, -0.2) is 11.0 Å². The van der Waals surface area contributed by atoms with Gasteiger partial charge in [-0.15, -0.1) is 0 Å². The first kappa shape index (κ1) is 16.1. The molecule has 2 aromatic rings. The van der Waals surface area contributed by atoms with E-state index in [0.29, 0.717) is 17.1 Å². The van der Waals surface area contributed by atoms with Crippen LogP contribution >= 0.6 is 11.6 Å². The average molecular weight is 320 g/mol. The average Bonchev–Trinajstić information content (AvgIpc) is 2.45. The number of rotatable bonds is 4. The number of hydrogen-bond acceptors (Lipinski definition) is 2. The highest BCUT2D eigenvalue weighted by atomic mass is 35.5. The zero-order valence-electron chi connectivity index (χ0n) is 12.5. The van der Waals surface area contributed by atoms with Gasteiger partial charge in [0.2, 0.25) is 0 Å². The van der Waals surface area contributed by atoms with Crippen molar-refractivity contribution in [3.63, 3.8) is 0 Å². The van der Waals surface area contributed by atoms with Gasteiger partial charge in [-0.25, -0.2) is 4.79 Å². The number of carbonyl (C=O) groups is 1. The van der Waals surface area contributed by atoms with E-state index in [4.69, 9.17) is 11.6 Å². The molecule has 22 heavy (non-hydrogen) atoms. The first-order valence-electron chi connectivity index (χ1n) is 6.92. The number of aryl methyl sites for hydroxylation is 2. The molecule has 1 heterocycles. The molecule has 0 atom stereocenters. The van der Waals surface area contributed by atoms with E-state index in [2.05, 4.69) is 15.6 Å². The minimum Gasteiger partial charge on any atom is -0.334 e.